The summed E-state index contributed by atoms with van der Waals surface area (Å²) < 4.78 is 1.99. The Morgan fingerprint density at radius 3 is 2.53 bits per heavy atom. The SMILES string of the molecule is Cc1nc(CC(O)c2cc(Br)sc2Br)sc1C. The lowest BCUT2D eigenvalue weighted by molar-refractivity contribution is 0.178. The number of nitrogens with zero attached hydrogens (tertiary/aromatic N) is 1. The van der Waals surface area contributed by atoms with E-state index in [2.05, 4.69) is 43.8 Å². The minimum absolute atomic E-state index is 0.503. The van der Waals surface area contributed by atoms with E-state index >= 15 is 0 Å². The molecular weight excluding hydrogens is 386 g/mol. The summed E-state index contributed by atoms with van der Waals surface area (Å²) in [6.45, 7) is 4.05. The van der Waals surface area contributed by atoms with Crippen molar-refractivity contribution in [2.75, 3.05) is 0 Å². The van der Waals surface area contributed by atoms with Gasteiger partial charge in [0.05, 0.1) is 24.4 Å². The monoisotopic (exact) mass is 395 g/mol. The number of aliphatic hydroxyl groups excluding tert-OH is 1. The highest BCUT2D eigenvalue weighted by Gasteiger charge is 2.17. The van der Waals surface area contributed by atoms with Crippen LogP contribution in [-0.4, -0.2) is 10.1 Å². The molecule has 2 aromatic heterocycles. The number of hydrogen-bond acceptors (Lipinski definition) is 4. The van der Waals surface area contributed by atoms with Crippen LogP contribution in [0, 0.1) is 13.8 Å². The molecule has 2 rings (SSSR count). The second kappa shape index (κ2) is 5.48. The maximum Gasteiger partial charge on any atom is 0.0960 e. The fourth-order valence-electron chi connectivity index (χ4n) is 1.48. The van der Waals surface area contributed by atoms with Crippen molar-refractivity contribution in [1.29, 1.82) is 0 Å². The van der Waals surface area contributed by atoms with E-state index in [0.29, 0.717) is 6.42 Å². The van der Waals surface area contributed by atoms with Crippen molar-refractivity contribution in [3.63, 3.8) is 0 Å². The Labute approximate surface area is 125 Å². The largest absolute Gasteiger partial charge is 0.388 e. The number of aliphatic hydroxyl groups is 1. The van der Waals surface area contributed by atoms with Gasteiger partial charge in [-0.3, -0.25) is 0 Å². The Bertz CT molecular complexity index is 516. The first kappa shape index (κ1) is 13.7. The van der Waals surface area contributed by atoms with Crippen LogP contribution in [0.5, 0.6) is 0 Å². The Morgan fingerprint density at radius 2 is 2.06 bits per heavy atom. The number of rotatable bonds is 3. The summed E-state index contributed by atoms with van der Waals surface area (Å²) in [5, 5.41) is 11.2. The van der Waals surface area contributed by atoms with Gasteiger partial charge in [0.25, 0.3) is 0 Å². The molecule has 0 aromatic carbocycles. The molecule has 0 amide bonds. The van der Waals surface area contributed by atoms with E-state index in [-0.39, 0.29) is 0 Å². The predicted octanol–water partition coefficient (Wildman–Crippen LogP) is 4.62. The van der Waals surface area contributed by atoms with Gasteiger partial charge in [-0.1, -0.05) is 0 Å². The number of thiophene rings is 1. The molecule has 2 heterocycles. The van der Waals surface area contributed by atoms with Gasteiger partial charge in [-0.05, 0) is 51.8 Å². The second-order valence-corrected chi connectivity index (χ2v) is 8.79. The summed E-state index contributed by atoms with van der Waals surface area (Å²) in [5.41, 5.74) is 1.98. The fourth-order valence-corrected chi connectivity index (χ4v) is 5.41. The molecule has 0 aliphatic rings. The molecule has 0 radical (unpaired) electrons. The summed E-state index contributed by atoms with van der Waals surface area (Å²) in [6, 6.07) is 1.95. The maximum absolute atomic E-state index is 10.2. The van der Waals surface area contributed by atoms with Crippen molar-refractivity contribution in [3.8, 4) is 0 Å². The highest BCUT2D eigenvalue weighted by Crippen LogP contribution is 2.36. The predicted molar refractivity (Wildman–Crippen MR) is 80.0 cm³/mol. The number of aryl methyl sites for hydroxylation is 2. The fraction of sp³-hybridized carbons (Fsp3) is 0.364. The topological polar surface area (TPSA) is 33.1 Å². The molecule has 0 fully saturated rings. The molecule has 0 aliphatic heterocycles. The Balaban J connectivity index is 2.16. The molecule has 0 saturated heterocycles. The average Bonchev–Trinajstić information content (AvgIpc) is 2.71. The lowest BCUT2D eigenvalue weighted by Gasteiger charge is -2.07. The van der Waals surface area contributed by atoms with Gasteiger partial charge in [-0.25, -0.2) is 4.98 Å². The maximum atomic E-state index is 10.2. The van der Waals surface area contributed by atoms with E-state index in [1.54, 1.807) is 22.7 Å². The van der Waals surface area contributed by atoms with Crippen molar-refractivity contribution in [3.05, 3.63) is 34.8 Å². The third kappa shape index (κ3) is 3.17. The van der Waals surface area contributed by atoms with Crippen LogP contribution < -0.4 is 0 Å². The normalized spacial score (nSPS) is 13.0. The number of thiazole rings is 1. The lowest BCUT2D eigenvalue weighted by atomic mass is 10.1. The molecule has 1 unspecified atom stereocenters. The molecule has 1 atom stereocenters. The van der Waals surface area contributed by atoms with Crippen LogP contribution in [-0.2, 0) is 6.42 Å². The van der Waals surface area contributed by atoms with Gasteiger partial charge in [0.2, 0.25) is 0 Å². The first-order chi connectivity index (χ1) is 7.97. The van der Waals surface area contributed by atoms with Crippen LogP contribution in [0.2, 0.25) is 0 Å². The van der Waals surface area contributed by atoms with Crippen LogP contribution in [0.1, 0.15) is 27.2 Å². The smallest absolute Gasteiger partial charge is 0.0960 e. The molecule has 0 aliphatic carbocycles. The van der Waals surface area contributed by atoms with E-state index in [1.165, 1.54) is 4.88 Å². The van der Waals surface area contributed by atoms with Crippen LogP contribution in [0.4, 0.5) is 0 Å². The summed E-state index contributed by atoms with van der Waals surface area (Å²) in [7, 11) is 0. The van der Waals surface area contributed by atoms with Crippen molar-refractivity contribution in [1.82, 2.24) is 4.98 Å². The highest BCUT2D eigenvalue weighted by atomic mass is 79.9. The molecular formula is C11H11Br2NOS2. The molecule has 0 saturated carbocycles. The molecule has 6 heteroatoms. The van der Waals surface area contributed by atoms with E-state index in [0.717, 1.165) is 23.8 Å². The minimum atomic E-state index is -0.503. The Hall–Kier alpha value is 0.250. The second-order valence-electron chi connectivity index (χ2n) is 3.75. The zero-order chi connectivity index (χ0) is 12.6. The van der Waals surface area contributed by atoms with Gasteiger partial charge in [0.15, 0.2) is 0 Å². The van der Waals surface area contributed by atoms with E-state index < -0.39 is 6.10 Å². The van der Waals surface area contributed by atoms with Crippen LogP contribution in [0.15, 0.2) is 13.6 Å². The van der Waals surface area contributed by atoms with Gasteiger partial charge in [-0.15, -0.1) is 22.7 Å². The lowest BCUT2D eigenvalue weighted by Crippen LogP contribution is -2.00. The van der Waals surface area contributed by atoms with E-state index in [1.807, 2.05) is 13.0 Å². The molecule has 0 bridgehead atoms. The summed E-state index contributed by atoms with van der Waals surface area (Å²) in [5.74, 6) is 0. The zero-order valence-electron chi connectivity index (χ0n) is 9.33. The van der Waals surface area contributed by atoms with Crippen LogP contribution in [0.3, 0.4) is 0 Å². The van der Waals surface area contributed by atoms with Gasteiger partial charge in [0.1, 0.15) is 0 Å². The highest BCUT2D eigenvalue weighted by molar-refractivity contribution is 9.12. The van der Waals surface area contributed by atoms with Gasteiger partial charge < -0.3 is 5.11 Å². The van der Waals surface area contributed by atoms with Gasteiger partial charge in [-0.2, -0.15) is 0 Å². The molecule has 0 spiro atoms. The Morgan fingerprint density at radius 1 is 1.35 bits per heavy atom. The number of hydrogen-bond donors (Lipinski definition) is 1. The summed E-state index contributed by atoms with van der Waals surface area (Å²) in [6.07, 6.45) is 0.0677. The zero-order valence-corrected chi connectivity index (χ0v) is 14.1. The third-order valence-electron chi connectivity index (χ3n) is 2.48. The Kier molecular flexibility index (Phi) is 4.41. The summed E-state index contributed by atoms with van der Waals surface area (Å²) >= 11 is 10.1. The van der Waals surface area contributed by atoms with E-state index in [4.69, 9.17) is 0 Å². The van der Waals surface area contributed by atoms with Crippen LogP contribution in [0.25, 0.3) is 0 Å². The van der Waals surface area contributed by atoms with Crippen molar-refractivity contribution in [2.45, 2.75) is 26.4 Å². The van der Waals surface area contributed by atoms with E-state index in [9.17, 15) is 5.11 Å². The van der Waals surface area contributed by atoms with Crippen molar-refractivity contribution in [2.24, 2.45) is 0 Å². The number of aromatic nitrogens is 1. The first-order valence-electron chi connectivity index (χ1n) is 5.03. The molecule has 2 nitrogen and oxygen atoms in total. The third-order valence-corrected chi connectivity index (χ3v) is 5.96. The van der Waals surface area contributed by atoms with Crippen molar-refractivity contribution >= 4 is 54.5 Å². The summed E-state index contributed by atoms with van der Waals surface area (Å²) in [4.78, 5) is 5.67. The standard InChI is InChI=1S/C11H11Br2NOS2/c1-5-6(2)16-10(14-5)4-8(15)7-3-9(12)17-11(7)13/h3,8,15H,4H2,1-2H3. The van der Waals surface area contributed by atoms with Gasteiger partial charge in [0, 0.05) is 16.9 Å². The molecule has 17 heavy (non-hydrogen) atoms. The molecule has 1 N–H and O–H groups in total. The molecule has 2 aromatic rings. The first-order valence-corrected chi connectivity index (χ1v) is 8.25. The number of halogens is 2. The van der Waals surface area contributed by atoms with Crippen molar-refractivity contribution < 1.29 is 5.11 Å². The van der Waals surface area contributed by atoms with Crippen LogP contribution >= 0.6 is 54.5 Å². The average molecular weight is 397 g/mol. The minimum Gasteiger partial charge on any atom is -0.388 e. The molecule has 92 valence electrons. The van der Waals surface area contributed by atoms with Gasteiger partial charge >= 0.3 is 0 Å². The quantitative estimate of drug-likeness (QED) is 0.820.